The number of nitrogens with zero attached hydrogens (tertiary/aromatic N) is 4. The molecule has 1 aromatic heterocycles. The molecule has 1 aromatic carbocycles. The molecule has 0 spiro atoms. The summed E-state index contributed by atoms with van der Waals surface area (Å²) in [6, 6.07) is 10.0. The summed E-state index contributed by atoms with van der Waals surface area (Å²) in [5, 5.41) is 4.21. The maximum absolute atomic E-state index is 13.0. The van der Waals surface area contributed by atoms with Gasteiger partial charge in [0.2, 0.25) is 5.91 Å². The van der Waals surface area contributed by atoms with Crippen molar-refractivity contribution in [1.82, 2.24) is 14.7 Å². The van der Waals surface area contributed by atoms with E-state index < -0.39 is 0 Å². The van der Waals surface area contributed by atoms with Gasteiger partial charge < -0.3 is 9.64 Å². The summed E-state index contributed by atoms with van der Waals surface area (Å²) in [4.78, 5) is 17.3. The van der Waals surface area contributed by atoms with E-state index in [1.54, 1.807) is 10.9 Å². The molecule has 2 fully saturated rings. The van der Waals surface area contributed by atoms with E-state index in [1.807, 2.05) is 48.5 Å². The van der Waals surface area contributed by atoms with E-state index in [0.29, 0.717) is 5.92 Å². The number of ether oxygens (including phenoxy) is 1. The number of rotatable bonds is 5. The third kappa shape index (κ3) is 4.16. The second kappa shape index (κ2) is 8.13. The Morgan fingerprint density at radius 3 is 2.59 bits per heavy atom. The van der Waals surface area contributed by atoms with Crippen LogP contribution in [0.15, 0.2) is 42.7 Å². The fourth-order valence-electron chi connectivity index (χ4n) is 4.16. The monoisotopic (exact) mass is 368 g/mol. The number of para-hydroxylation sites is 1. The number of piperidine rings is 2. The van der Waals surface area contributed by atoms with Gasteiger partial charge in [0.25, 0.3) is 0 Å². The highest BCUT2D eigenvalue weighted by Crippen LogP contribution is 2.27. The van der Waals surface area contributed by atoms with Crippen molar-refractivity contribution in [2.24, 2.45) is 13.0 Å². The number of hydrogen-bond donors (Lipinski definition) is 0. The van der Waals surface area contributed by atoms with E-state index >= 15 is 0 Å². The number of hydrogen-bond acceptors (Lipinski definition) is 4. The fraction of sp³-hybridized carbons (Fsp3) is 0.524. The number of aromatic nitrogens is 2. The standard InChI is InChI=1S/C21H28N4O2/c1-23-15-18(14-22-23)25-11-5-8-20(21(25)26)24-12-9-17(10-13-24)16-27-19-6-3-2-4-7-19/h2-4,6-7,14-15,17,20H,5,8-13,16H2,1H3/t20-/m1/s1. The third-order valence-corrected chi connectivity index (χ3v) is 5.73. The summed E-state index contributed by atoms with van der Waals surface area (Å²) in [6.45, 7) is 3.50. The second-order valence-electron chi connectivity index (χ2n) is 7.62. The van der Waals surface area contributed by atoms with Gasteiger partial charge in [0.15, 0.2) is 0 Å². The summed E-state index contributed by atoms with van der Waals surface area (Å²) in [6.07, 6.45) is 7.89. The molecule has 0 saturated carbocycles. The number of carbonyl (C=O) groups excluding carboxylic acids is 1. The van der Waals surface area contributed by atoms with Crippen LogP contribution < -0.4 is 9.64 Å². The molecule has 0 N–H and O–H groups in total. The van der Waals surface area contributed by atoms with Crippen molar-refractivity contribution in [3.8, 4) is 5.75 Å². The van der Waals surface area contributed by atoms with Crippen molar-refractivity contribution in [2.75, 3.05) is 31.1 Å². The first-order chi connectivity index (χ1) is 13.2. The van der Waals surface area contributed by atoms with E-state index in [0.717, 1.165) is 63.4 Å². The van der Waals surface area contributed by atoms with E-state index in [4.69, 9.17) is 4.74 Å². The quantitative estimate of drug-likeness (QED) is 0.814. The van der Waals surface area contributed by atoms with Gasteiger partial charge >= 0.3 is 0 Å². The molecular weight excluding hydrogens is 340 g/mol. The van der Waals surface area contributed by atoms with Gasteiger partial charge in [-0.05, 0) is 56.8 Å². The minimum Gasteiger partial charge on any atom is -0.493 e. The molecule has 0 unspecified atom stereocenters. The van der Waals surface area contributed by atoms with Crippen LogP contribution in [0.1, 0.15) is 25.7 Å². The zero-order valence-corrected chi connectivity index (χ0v) is 16.0. The fourth-order valence-corrected chi connectivity index (χ4v) is 4.16. The highest BCUT2D eigenvalue weighted by atomic mass is 16.5. The van der Waals surface area contributed by atoms with Gasteiger partial charge in [-0.15, -0.1) is 0 Å². The maximum Gasteiger partial charge on any atom is 0.244 e. The average molecular weight is 368 g/mol. The Morgan fingerprint density at radius 1 is 1.11 bits per heavy atom. The number of aryl methyl sites for hydroxylation is 1. The molecule has 6 nitrogen and oxygen atoms in total. The van der Waals surface area contributed by atoms with Gasteiger partial charge in [-0.1, -0.05) is 18.2 Å². The van der Waals surface area contributed by atoms with E-state index in [2.05, 4.69) is 10.00 Å². The van der Waals surface area contributed by atoms with Gasteiger partial charge in [-0.25, -0.2) is 0 Å². The van der Waals surface area contributed by atoms with Crippen LogP contribution in [0.5, 0.6) is 5.75 Å². The normalized spacial score (nSPS) is 22.2. The molecule has 6 heteroatoms. The number of benzene rings is 1. The molecule has 2 aliphatic rings. The Kier molecular flexibility index (Phi) is 5.43. The molecule has 2 saturated heterocycles. The first-order valence-corrected chi connectivity index (χ1v) is 9.92. The molecule has 3 heterocycles. The number of carbonyl (C=O) groups is 1. The van der Waals surface area contributed by atoms with Gasteiger partial charge in [0, 0.05) is 19.8 Å². The molecule has 2 aromatic rings. The largest absolute Gasteiger partial charge is 0.493 e. The summed E-state index contributed by atoms with van der Waals surface area (Å²) in [5.41, 5.74) is 0.915. The van der Waals surface area contributed by atoms with Crippen LogP contribution in [0.3, 0.4) is 0 Å². The average Bonchev–Trinajstić information content (AvgIpc) is 3.14. The Morgan fingerprint density at radius 2 is 1.89 bits per heavy atom. The summed E-state index contributed by atoms with van der Waals surface area (Å²) >= 11 is 0. The van der Waals surface area contributed by atoms with E-state index in [-0.39, 0.29) is 11.9 Å². The molecule has 0 radical (unpaired) electrons. The molecule has 27 heavy (non-hydrogen) atoms. The number of likely N-dealkylation sites (tertiary alicyclic amines) is 1. The number of anilines is 1. The van der Waals surface area contributed by atoms with E-state index in [9.17, 15) is 4.79 Å². The Balaban J connectivity index is 1.30. The van der Waals surface area contributed by atoms with Crippen molar-refractivity contribution in [1.29, 1.82) is 0 Å². The topological polar surface area (TPSA) is 50.6 Å². The van der Waals surface area contributed by atoms with Gasteiger partial charge in [0.1, 0.15) is 5.75 Å². The summed E-state index contributed by atoms with van der Waals surface area (Å²) in [5.74, 6) is 1.73. The molecule has 0 aliphatic carbocycles. The maximum atomic E-state index is 13.0. The van der Waals surface area contributed by atoms with Crippen molar-refractivity contribution in [2.45, 2.75) is 31.7 Å². The van der Waals surface area contributed by atoms with Crippen molar-refractivity contribution in [3.63, 3.8) is 0 Å². The predicted octanol–water partition coefficient (Wildman–Crippen LogP) is 2.71. The van der Waals surface area contributed by atoms with Gasteiger partial charge in [-0.2, -0.15) is 5.10 Å². The number of amides is 1. The lowest BCUT2D eigenvalue weighted by Gasteiger charge is -2.41. The van der Waals surface area contributed by atoms with Crippen LogP contribution in [0, 0.1) is 5.92 Å². The van der Waals surface area contributed by atoms with E-state index in [1.165, 1.54) is 0 Å². The molecule has 2 aliphatic heterocycles. The smallest absolute Gasteiger partial charge is 0.244 e. The minimum absolute atomic E-state index is 0.00921. The predicted molar refractivity (Wildman–Crippen MR) is 105 cm³/mol. The minimum atomic E-state index is 0.00921. The van der Waals surface area contributed by atoms with Crippen molar-refractivity contribution in [3.05, 3.63) is 42.7 Å². The van der Waals surface area contributed by atoms with Crippen LogP contribution in [0.2, 0.25) is 0 Å². The van der Waals surface area contributed by atoms with Crippen LogP contribution in [0.4, 0.5) is 5.69 Å². The highest BCUT2D eigenvalue weighted by Gasteiger charge is 2.36. The zero-order chi connectivity index (χ0) is 18.6. The lowest BCUT2D eigenvalue weighted by atomic mass is 9.94. The van der Waals surface area contributed by atoms with Crippen LogP contribution in [-0.4, -0.2) is 52.9 Å². The van der Waals surface area contributed by atoms with Crippen LogP contribution in [-0.2, 0) is 11.8 Å². The molecule has 1 amide bonds. The second-order valence-corrected chi connectivity index (χ2v) is 7.62. The van der Waals surface area contributed by atoms with Crippen molar-refractivity contribution < 1.29 is 9.53 Å². The SMILES string of the molecule is Cn1cc(N2CCC[C@@H](N3CCC(COc4ccccc4)CC3)C2=O)cn1. The third-order valence-electron chi connectivity index (χ3n) is 5.73. The van der Waals surface area contributed by atoms with Gasteiger partial charge in [0.05, 0.1) is 24.5 Å². The van der Waals surface area contributed by atoms with Gasteiger partial charge in [-0.3, -0.25) is 14.4 Å². The Labute approximate surface area is 160 Å². The lowest BCUT2D eigenvalue weighted by Crippen LogP contribution is -2.54. The Bertz CT molecular complexity index is 753. The zero-order valence-electron chi connectivity index (χ0n) is 16.0. The lowest BCUT2D eigenvalue weighted by molar-refractivity contribution is -0.126. The molecule has 144 valence electrons. The molecule has 1 atom stereocenters. The van der Waals surface area contributed by atoms with Crippen LogP contribution >= 0.6 is 0 Å². The van der Waals surface area contributed by atoms with Crippen LogP contribution in [0.25, 0.3) is 0 Å². The molecule has 4 rings (SSSR count). The Hall–Kier alpha value is -2.34. The first kappa shape index (κ1) is 18.0. The highest BCUT2D eigenvalue weighted by molar-refractivity contribution is 5.97. The first-order valence-electron chi connectivity index (χ1n) is 9.92. The molecular formula is C21H28N4O2. The summed E-state index contributed by atoms with van der Waals surface area (Å²) < 4.78 is 7.68. The summed E-state index contributed by atoms with van der Waals surface area (Å²) in [7, 11) is 1.89. The molecule has 0 bridgehead atoms. The van der Waals surface area contributed by atoms with Crippen molar-refractivity contribution >= 4 is 11.6 Å².